The Hall–Kier alpha value is -0.390. The summed E-state index contributed by atoms with van der Waals surface area (Å²) in [6.45, 7) is 6.12. The summed E-state index contributed by atoms with van der Waals surface area (Å²) in [4.78, 5) is -0.0457. The van der Waals surface area contributed by atoms with E-state index in [-0.39, 0.29) is 34.5 Å². The predicted molar refractivity (Wildman–Crippen MR) is 111 cm³/mol. The minimum Gasteiger partial charge on any atom is -0.343 e. The fourth-order valence-electron chi connectivity index (χ4n) is 2.91. The van der Waals surface area contributed by atoms with E-state index in [4.69, 9.17) is 4.55 Å². The second kappa shape index (κ2) is 15.5. The van der Waals surface area contributed by atoms with Gasteiger partial charge in [-0.1, -0.05) is 101 Å². The molecule has 2 rings (SSSR count). The van der Waals surface area contributed by atoms with Gasteiger partial charge in [-0.25, -0.2) is 0 Å². The molecule has 146 valence electrons. The maximum absolute atomic E-state index is 11.0. The van der Waals surface area contributed by atoms with Crippen LogP contribution in [0.4, 0.5) is 0 Å². The quantitative estimate of drug-likeness (QED) is 0.285. The molecule has 0 saturated heterocycles. The Bertz CT molecular complexity index is 714. The Morgan fingerprint density at radius 3 is 1.89 bits per heavy atom. The van der Waals surface area contributed by atoms with Crippen LogP contribution in [-0.4, -0.2) is 13.0 Å². The van der Waals surface area contributed by atoms with Crippen molar-refractivity contribution in [1.82, 2.24) is 0 Å². The Kier molecular flexibility index (Phi) is 15.3. The molecule has 2 aromatic rings. The Balaban J connectivity index is 0.000000491. The summed E-state index contributed by atoms with van der Waals surface area (Å²) >= 11 is 0. The van der Waals surface area contributed by atoms with Gasteiger partial charge in [0.05, 0.1) is 0 Å². The van der Waals surface area contributed by atoms with Gasteiger partial charge in [-0.05, 0) is 11.5 Å². The van der Waals surface area contributed by atoms with Crippen molar-refractivity contribution in [2.45, 2.75) is 76.0 Å². The van der Waals surface area contributed by atoms with Gasteiger partial charge in [-0.15, -0.1) is 0 Å². The molecule has 0 aromatic heterocycles. The molecule has 0 spiro atoms. The molecule has 0 aliphatic heterocycles. The summed E-state index contributed by atoms with van der Waals surface area (Å²) < 4.78 is 31.0. The third-order valence-corrected chi connectivity index (χ3v) is 5.29. The number of fused-ring (bicyclic) bond motifs is 1. The van der Waals surface area contributed by atoms with Crippen LogP contribution in [0.15, 0.2) is 47.4 Å². The summed E-state index contributed by atoms with van der Waals surface area (Å²) in [5, 5.41) is 1.33. The van der Waals surface area contributed by atoms with Gasteiger partial charge < -0.3 is 6.92 Å². The Morgan fingerprint density at radius 2 is 1.33 bits per heavy atom. The van der Waals surface area contributed by atoms with Crippen LogP contribution in [-0.2, 0) is 10.1 Å². The van der Waals surface area contributed by atoms with E-state index in [2.05, 4.69) is 13.8 Å². The Morgan fingerprint density at radius 1 is 0.815 bits per heavy atom. The first-order valence-electron chi connectivity index (χ1n) is 9.75. The van der Waals surface area contributed by atoms with Crippen LogP contribution in [0.3, 0.4) is 0 Å². The largest absolute Gasteiger partial charge is 1.00 e. The van der Waals surface area contributed by atoms with Gasteiger partial charge in [0.2, 0.25) is 0 Å². The summed E-state index contributed by atoms with van der Waals surface area (Å²) in [6.07, 6.45) is 13.9. The molecule has 0 unspecified atom stereocenters. The van der Waals surface area contributed by atoms with Gasteiger partial charge in [0, 0.05) is 5.39 Å². The first kappa shape index (κ1) is 26.6. The van der Waals surface area contributed by atoms with Crippen molar-refractivity contribution < 1.29 is 42.5 Å². The number of benzene rings is 2. The molecule has 2 aromatic carbocycles. The summed E-state index contributed by atoms with van der Waals surface area (Å²) in [7, 11) is -4.13. The molecule has 3 nitrogen and oxygen atoms in total. The zero-order valence-corrected chi connectivity index (χ0v) is 19.8. The van der Waals surface area contributed by atoms with Crippen LogP contribution in [0.25, 0.3) is 10.8 Å². The van der Waals surface area contributed by atoms with Crippen LogP contribution in [0.1, 0.15) is 71.1 Å². The van der Waals surface area contributed by atoms with E-state index in [0.717, 1.165) is 11.8 Å². The van der Waals surface area contributed by atoms with Crippen LogP contribution in [0.5, 0.6) is 0 Å². The molecular formula is C22H33NaO3S. The second-order valence-corrected chi connectivity index (χ2v) is 8.02. The van der Waals surface area contributed by atoms with Crippen molar-refractivity contribution in [3.05, 3.63) is 49.4 Å². The van der Waals surface area contributed by atoms with Gasteiger partial charge in [0.15, 0.2) is 0 Å². The maximum atomic E-state index is 11.0. The molecule has 0 aliphatic rings. The van der Waals surface area contributed by atoms with Gasteiger partial charge in [0.1, 0.15) is 4.90 Å². The topological polar surface area (TPSA) is 54.4 Å². The molecule has 1 N–H and O–H groups in total. The third kappa shape index (κ3) is 11.3. The van der Waals surface area contributed by atoms with Crippen LogP contribution >= 0.6 is 0 Å². The minimum atomic E-state index is -4.13. The predicted octanol–water partition coefficient (Wildman–Crippen LogP) is 3.83. The van der Waals surface area contributed by atoms with E-state index in [1.807, 2.05) is 6.07 Å². The monoisotopic (exact) mass is 400 g/mol. The average Bonchev–Trinajstić information content (AvgIpc) is 2.63. The zero-order chi connectivity index (χ0) is 19.3. The van der Waals surface area contributed by atoms with Crippen LogP contribution < -0.4 is 29.6 Å². The van der Waals surface area contributed by atoms with E-state index >= 15 is 0 Å². The minimum absolute atomic E-state index is 0. The number of rotatable bonds is 10. The molecule has 0 bridgehead atoms. The van der Waals surface area contributed by atoms with Crippen molar-refractivity contribution in [2.24, 2.45) is 0 Å². The maximum Gasteiger partial charge on any atom is 1.00 e. The Labute approximate surface area is 188 Å². The number of unbranched alkanes of at least 4 members (excludes halogenated alkanes) is 9. The SMILES string of the molecule is O=S(=O)(O)c1cccc2ccccc12.[CH2-]CCCCCCCCCCC.[Na+]. The summed E-state index contributed by atoms with van der Waals surface area (Å²) in [5.41, 5.74) is 0. The number of hydrogen-bond donors (Lipinski definition) is 1. The molecular weight excluding hydrogens is 367 g/mol. The molecule has 0 heterocycles. The van der Waals surface area contributed by atoms with E-state index in [0.29, 0.717) is 5.39 Å². The fraction of sp³-hybridized carbons (Fsp3) is 0.500. The zero-order valence-electron chi connectivity index (χ0n) is 17.0. The second-order valence-electron chi connectivity index (χ2n) is 6.63. The number of hydrogen-bond acceptors (Lipinski definition) is 2. The molecule has 0 fully saturated rings. The van der Waals surface area contributed by atoms with Crippen molar-refractivity contribution in [2.75, 3.05) is 0 Å². The molecule has 0 amide bonds. The van der Waals surface area contributed by atoms with E-state index in [1.54, 1.807) is 30.3 Å². The smallest absolute Gasteiger partial charge is 0.343 e. The van der Waals surface area contributed by atoms with Gasteiger partial charge >= 0.3 is 29.6 Å². The van der Waals surface area contributed by atoms with Gasteiger partial charge in [-0.2, -0.15) is 14.8 Å². The third-order valence-electron chi connectivity index (χ3n) is 4.38. The molecule has 0 saturated carbocycles. The first-order valence-corrected chi connectivity index (χ1v) is 11.2. The van der Waals surface area contributed by atoms with E-state index < -0.39 is 10.1 Å². The normalized spacial score (nSPS) is 10.8. The molecule has 0 aliphatic carbocycles. The van der Waals surface area contributed by atoms with Crippen molar-refractivity contribution >= 4 is 20.9 Å². The van der Waals surface area contributed by atoms with E-state index in [1.165, 1.54) is 63.9 Å². The van der Waals surface area contributed by atoms with Crippen molar-refractivity contribution in [3.63, 3.8) is 0 Å². The van der Waals surface area contributed by atoms with Gasteiger partial charge in [0.25, 0.3) is 10.1 Å². The summed E-state index contributed by atoms with van der Waals surface area (Å²) in [6, 6.07) is 11.8. The standard InChI is InChI=1S/C12H25.C10H8O3S.Na/c1-3-5-7-9-11-12-10-8-6-4-2;11-14(12,13)10-7-3-5-8-4-1-2-6-9(8)10;/h1,3-12H2,2H3;1-7H,(H,11,12,13);/q-1;;+1. The summed E-state index contributed by atoms with van der Waals surface area (Å²) in [5.74, 6) is 0. The fourth-order valence-corrected chi connectivity index (χ4v) is 3.62. The first-order chi connectivity index (χ1) is 12.5. The molecule has 27 heavy (non-hydrogen) atoms. The van der Waals surface area contributed by atoms with E-state index in [9.17, 15) is 8.42 Å². The van der Waals surface area contributed by atoms with Crippen molar-refractivity contribution in [1.29, 1.82) is 0 Å². The molecule has 5 heteroatoms. The average molecular weight is 401 g/mol. The molecule has 0 atom stereocenters. The van der Waals surface area contributed by atoms with Gasteiger partial charge in [-0.3, -0.25) is 4.55 Å². The van der Waals surface area contributed by atoms with Crippen LogP contribution in [0, 0.1) is 6.92 Å². The van der Waals surface area contributed by atoms with Crippen LogP contribution in [0.2, 0.25) is 0 Å². The molecule has 0 radical (unpaired) electrons. The van der Waals surface area contributed by atoms with Crippen molar-refractivity contribution in [3.8, 4) is 0 Å².